The van der Waals surface area contributed by atoms with Gasteiger partial charge in [-0.15, -0.1) is 0 Å². The first-order valence-corrected chi connectivity index (χ1v) is 9.77. The molecule has 160 valence electrons. The van der Waals surface area contributed by atoms with Gasteiger partial charge in [-0.3, -0.25) is 19.7 Å². The van der Waals surface area contributed by atoms with Crippen LogP contribution in [-0.2, 0) is 11.3 Å². The number of nitro benzene ring substituents is 1. The van der Waals surface area contributed by atoms with E-state index in [0.717, 1.165) is 16.0 Å². The highest BCUT2D eigenvalue weighted by Crippen LogP contribution is 2.32. The van der Waals surface area contributed by atoms with Gasteiger partial charge in [0.25, 0.3) is 17.5 Å². The maximum atomic E-state index is 13.0. The molecule has 0 atom stereocenters. The van der Waals surface area contributed by atoms with E-state index in [-0.39, 0.29) is 34.5 Å². The number of hydrogen-bond acceptors (Lipinski definition) is 6. The number of para-hydroxylation sites is 1. The summed E-state index contributed by atoms with van der Waals surface area (Å²) in [5.74, 6) is -1.73. The van der Waals surface area contributed by atoms with Crippen molar-refractivity contribution in [3.05, 3.63) is 104 Å². The molecule has 0 aromatic heterocycles. The molecule has 4 rings (SSSR count). The lowest BCUT2D eigenvalue weighted by Gasteiger charge is -2.17. The number of fused-ring (bicyclic) bond motifs is 1. The molecule has 0 saturated carbocycles. The summed E-state index contributed by atoms with van der Waals surface area (Å²) in [6, 6.07) is 15.6. The Bertz CT molecular complexity index is 1300. The number of imide groups is 1. The van der Waals surface area contributed by atoms with Crippen LogP contribution >= 0.6 is 0 Å². The Morgan fingerprint density at radius 3 is 2.44 bits per heavy atom. The molecule has 1 aliphatic heterocycles. The third-order valence-corrected chi connectivity index (χ3v) is 5.27. The van der Waals surface area contributed by atoms with E-state index in [1.165, 1.54) is 36.4 Å². The highest BCUT2D eigenvalue weighted by Gasteiger charge is 2.38. The van der Waals surface area contributed by atoms with Gasteiger partial charge in [-0.25, -0.2) is 9.69 Å². The van der Waals surface area contributed by atoms with Crippen molar-refractivity contribution in [3.63, 3.8) is 0 Å². The summed E-state index contributed by atoms with van der Waals surface area (Å²) in [6.45, 7) is 3.38. The predicted octanol–water partition coefficient (Wildman–Crippen LogP) is 4.37. The SMILES string of the molecule is Cc1ccc(C)c(N2C(=O)c3ccc(C(=O)OCc4ccccc4[N+](=O)[O-])cc3C2=O)c1. The minimum Gasteiger partial charge on any atom is -0.457 e. The van der Waals surface area contributed by atoms with Crippen molar-refractivity contribution in [1.82, 2.24) is 0 Å². The van der Waals surface area contributed by atoms with Crippen LogP contribution in [0.4, 0.5) is 11.4 Å². The molecule has 0 fully saturated rings. The van der Waals surface area contributed by atoms with Gasteiger partial charge in [-0.05, 0) is 55.3 Å². The predicted molar refractivity (Wildman–Crippen MR) is 116 cm³/mol. The fraction of sp³-hybridized carbons (Fsp3) is 0.125. The molecule has 0 N–H and O–H groups in total. The average Bonchev–Trinajstić information content (AvgIpc) is 3.03. The van der Waals surface area contributed by atoms with Crippen LogP contribution in [-0.4, -0.2) is 22.7 Å². The lowest BCUT2D eigenvalue weighted by Crippen LogP contribution is -2.30. The quantitative estimate of drug-likeness (QED) is 0.257. The van der Waals surface area contributed by atoms with Crippen LogP contribution < -0.4 is 4.90 Å². The molecule has 0 radical (unpaired) electrons. The second-order valence-corrected chi connectivity index (χ2v) is 7.46. The zero-order chi connectivity index (χ0) is 23.0. The van der Waals surface area contributed by atoms with Crippen LogP contribution in [0.2, 0.25) is 0 Å². The molecule has 0 spiro atoms. The monoisotopic (exact) mass is 430 g/mol. The second-order valence-electron chi connectivity index (χ2n) is 7.46. The number of hydrogen-bond donors (Lipinski definition) is 0. The van der Waals surface area contributed by atoms with E-state index in [1.807, 2.05) is 26.0 Å². The Morgan fingerprint density at radius 1 is 0.969 bits per heavy atom. The molecule has 3 aromatic carbocycles. The molecular formula is C24H18N2O6. The van der Waals surface area contributed by atoms with Gasteiger partial charge in [-0.2, -0.15) is 0 Å². The van der Waals surface area contributed by atoms with Crippen molar-refractivity contribution < 1.29 is 24.0 Å². The van der Waals surface area contributed by atoms with Crippen molar-refractivity contribution in [2.24, 2.45) is 0 Å². The Labute approximate surface area is 183 Å². The number of ether oxygens (including phenoxy) is 1. The number of carbonyl (C=O) groups excluding carboxylic acids is 3. The van der Waals surface area contributed by atoms with Gasteiger partial charge >= 0.3 is 5.97 Å². The van der Waals surface area contributed by atoms with Gasteiger partial charge in [0, 0.05) is 6.07 Å². The number of nitro groups is 1. The molecular weight excluding hydrogens is 412 g/mol. The van der Waals surface area contributed by atoms with Crippen LogP contribution in [0.15, 0.2) is 60.7 Å². The Hall–Kier alpha value is -4.33. The van der Waals surface area contributed by atoms with Crippen molar-refractivity contribution >= 4 is 29.2 Å². The van der Waals surface area contributed by atoms with Gasteiger partial charge in [0.1, 0.15) is 6.61 Å². The number of aryl methyl sites for hydroxylation is 2. The van der Waals surface area contributed by atoms with Crippen molar-refractivity contribution in [1.29, 1.82) is 0 Å². The second kappa shape index (κ2) is 8.07. The lowest BCUT2D eigenvalue weighted by atomic mass is 10.1. The maximum absolute atomic E-state index is 13.0. The summed E-state index contributed by atoms with van der Waals surface area (Å²) in [5.41, 5.74) is 2.65. The van der Waals surface area contributed by atoms with E-state index < -0.39 is 22.7 Å². The highest BCUT2D eigenvalue weighted by molar-refractivity contribution is 6.35. The van der Waals surface area contributed by atoms with Gasteiger partial charge in [0.15, 0.2) is 0 Å². The third-order valence-electron chi connectivity index (χ3n) is 5.27. The highest BCUT2D eigenvalue weighted by atomic mass is 16.6. The number of benzene rings is 3. The van der Waals surface area contributed by atoms with E-state index in [2.05, 4.69) is 0 Å². The lowest BCUT2D eigenvalue weighted by molar-refractivity contribution is -0.385. The van der Waals surface area contributed by atoms with Gasteiger partial charge < -0.3 is 4.74 Å². The summed E-state index contributed by atoms with van der Waals surface area (Å²) in [7, 11) is 0. The minimum atomic E-state index is -0.753. The van der Waals surface area contributed by atoms with Crippen LogP contribution in [0.3, 0.4) is 0 Å². The van der Waals surface area contributed by atoms with Gasteiger partial charge in [0.05, 0.1) is 32.9 Å². The fourth-order valence-electron chi connectivity index (χ4n) is 3.58. The number of esters is 1. The Balaban J connectivity index is 1.58. The molecule has 0 saturated heterocycles. The molecule has 3 aromatic rings. The molecule has 1 heterocycles. The number of amides is 2. The summed E-state index contributed by atoms with van der Waals surface area (Å²) in [4.78, 5) is 50.1. The molecule has 2 amide bonds. The number of rotatable bonds is 5. The maximum Gasteiger partial charge on any atom is 0.338 e. The smallest absolute Gasteiger partial charge is 0.338 e. The number of anilines is 1. The number of carbonyl (C=O) groups is 3. The van der Waals surface area contributed by atoms with E-state index >= 15 is 0 Å². The molecule has 32 heavy (non-hydrogen) atoms. The van der Waals surface area contributed by atoms with E-state index in [4.69, 9.17) is 4.74 Å². The molecule has 8 heteroatoms. The molecule has 0 unspecified atom stereocenters. The largest absolute Gasteiger partial charge is 0.457 e. The summed E-state index contributed by atoms with van der Waals surface area (Å²) < 4.78 is 5.22. The van der Waals surface area contributed by atoms with Crippen molar-refractivity contribution in [2.75, 3.05) is 4.90 Å². The van der Waals surface area contributed by atoms with E-state index in [9.17, 15) is 24.5 Å². The first-order valence-electron chi connectivity index (χ1n) is 9.77. The molecule has 0 aliphatic carbocycles. The molecule has 1 aliphatic rings. The number of nitrogens with zero attached hydrogens (tertiary/aromatic N) is 2. The Kier molecular flexibility index (Phi) is 5.28. The zero-order valence-corrected chi connectivity index (χ0v) is 17.3. The average molecular weight is 430 g/mol. The minimum absolute atomic E-state index is 0.0753. The summed E-state index contributed by atoms with van der Waals surface area (Å²) >= 11 is 0. The van der Waals surface area contributed by atoms with Crippen LogP contribution in [0.5, 0.6) is 0 Å². The van der Waals surface area contributed by atoms with Gasteiger partial charge in [0.2, 0.25) is 0 Å². The summed E-state index contributed by atoms with van der Waals surface area (Å²) in [6.07, 6.45) is 0. The van der Waals surface area contributed by atoms with E-state index in [0.29, 0.717) is 5.69 Å². The van der Waals surface area contributed by atoms with Crippen LogP contribution in [0, 0.1) is 24.0 Å². The molecule has 8 nitrogen and oxygen atoms in total. The fourth-order valence-corrected chi connectivity index (χ4v) is 3.58. The topological polar surface area (TPSA) is 107 Å². The zero-order valence-electron chi connectivity index (χ0n) is 17.3. The molecule has 0 bridgehead atoms. The van der Waals surface area contributed by atoms with Gasteiger partial charge in [-0.1, -0.05) is 24.3 Å². The van der Waals surface area contributed by atoms with Crippen LogP contribution in [0.25, 0.3) is 0 Å². The van der Waals surface area contributed by atoms with Crippen LogP contribution in [0.1, 0.15) is 47.8 Å². The van der Waals surface area contributed by atoms with E-state index in [1.54, 1.807) is 12.1 Å². The Morgan fingerprint density at radius 2 is 1.69 bits per heavy atom. The first-order chi connectivity index (χ1) is 15.3. The van der Waals surface area contributed by atoms with Crippen molar-refractivity contribution in [3.8, 4) is 0 Å². The standard InChI is InChI=1S/C24H18N2O6/c1-14-7-8-15(2)21(11-14)25-22(27)18-10-9-16(12-19(18)23(25)28)24(29)32-13-17-5-3-4-6-20(17)26(30)31/h3-12H,13H2,1-2H3. The van der Waals surface area contributed by atoms with Crippen molar-refractivity contribution in [2.45, 2.75) is 20.5 Å². The summed E-state index contributed by atoms with van der Waals surface area (Å²) in [5, 5.41) is 11.1. The third kappa shape index (κ3) is 3.62. The first kappa shape index (κ1) is 20.9. The normalized spacial score (nSPS) is 12.6.